The number of fused-ring (bicyclic) bond motifs is 1. The van der Waals surface area contributed by atoms with Gasteiger partial charge in [-0.3, -0.25) is 4.98 Å². The molecule has 0 aliphatic heterocycles. The monoisotopic (exact) mass is 299 g/mol. The number of aliphatic hydroxyl groups is 1. The lowest BCUT2D eigenvalue weighted by Gasteiger charge is -2.35. The van der Waals surface area contributed by atoms with E-state index >= 15 is 0 Å². The van der Waals surface area contributed by atoms with E-state index in [1.807, 2.05) is 0 Å². The lowest BCUT2D eigenvalue weighted by molar-refractivity contribution is 0.163. The molecule has 2 nitrogen and oxygen atoms in total. The van der Waals surface area contributed by atoms with Crippen LogP contribution in [0.3, 0.4) is 0 Å². The highest BCUT2D eigenvalue weighted by molar-refractivity contribution is 5.83. The molecule has 1 aromatic heterocycles. The molecule has 120 valence electrons. The van der Waals surface area contributed by atoms with Gasteiger partial charge in [-0.15, -0.1) is 0 Å². The normalized spacial score (nSPS) is 15.7. The van der Waals surface area contributed by atoms with Crippen molar-refractivity contribution in [3.63, 3.8) is 0 Å². The highest BCUT2D eigenvalue weighted by Gasteiger charge is 2.32. The first-order chi connectivity index (χ1) is 10.5. The van der Waals surface area contributed by atoms with Gasteiger partial charge in [0, 0.05) is 17.7 Å². The Morgan fingerprint density at radius 2 is 1.95 bits per heavy atom. The fourth-order valence-corrected chi connectivity index (χ4v) is 3.49. The number of hydrogen-bond donors (Lipinski definition) is 1. The van der Waals surface area contributed by atoms with Crippen LogP contribution in [0.5, 0.6) is 0 Å². The van der Waals surface area contributed by atoms with Crippen LogP contribution in [-0.2, 0) is 11.8 Å². The van der Waals surface area contributed by atoms with Crippen LogP contribution < -0.4 is 0 Å². The van der Waals surface area contributed by atoms with Gasteiger partial charge in [-0.2, -0.15) is 0 Å². The lowest BCUT2D eigenvalue weighted by atomic mass is 9.69. The van der Waals surface area contributed by atoms with Crippen molar-refractivity contribution in [1.82, 2.24) is 4.98 Å². The molecule has 2 unspecified atom stereocenters. The Balaban J connectivity index is 2.62. The smallest absolute Gasteiger partial charge is 0.0708 e. The van der Waals surface area contributed by atoms with E-state index in [1.165, 1.54) is 16.5 Å². The van der Waals surface area contributed by atoms with Crippen LogP contribution in [0, 0.1) is 12.8 Å². The van der Waals surface area contributed by atoms with Gasteiger partial charge in [0.05, 0.1) is 5.52 Å². The Morgan fingerprint density at radius 1 is 1.23 bits per heavy atom. The Labute approximate surface area is 134 Å². The van der Waals surface area contributed by atoms with Gasteiger partial charge in [-0.25, -0.2) is 0 Å². The molecule has 2 heteroatoms. The fraction of sp³-hybridized carbons (Fsp3) is 0.550. The molecule has 0 amide bonds. The van der Waals surface area contributed by atoms with Crippen molar-refractivity contribution < 1.29 is 5.11 Å². The molecular weight excluding hydrogens is 270 g/mol. The van der Waals surface area contributed by atoms with Crippen LogP contribution in [0.2, 0.25) is 0 Å². The molecular formula is C20H29NO. The lowest BCUT2D eigenvalue weighted by Crippen LogP contribution is -2.32. The minimum Gasteiger partial charge on any atom is -0.396 e. The van der Waals surface area contributed by atoms with Crippen molar-refractivity contribution >= 4 is 10.9 Å². The maximum absolute atomic E-state index is 9.70. The van der Waals surface area contributed by atoms with Gasteiger partial charge in [0.2, 0.25) is 0 Å². The molecule has 1 aromatic carbocycles. The van der Waals surface area contributed by atoms with Crippen molar-refractivity contribution in [3.05, 3.63) is 41.1 Å². The number of hydrogen-bond acceptors (Lipinski definition) is 2. The quantitative estimate of drug-likeness (QED) is 0.831. The predicted molar refractivity (Wildman–Crippen MR) is 94.4 cm³/mol. The second kappa shape index (κ2) is 6.78. The van der Waals surface area contributed by atoms with Gasteiger partial charge < -0.3 is 5.11 Å². The summed E-state index contributed by atoms with van der Waals surface area (Å²) in [5, 5.41) is 11.0. The Kier molecular flexibility index (Phi) is 5.23. The van der Waals surface area contributed by atoms with Crippen LogP contribution in [0.25, 0.3) is 10.9 Å². The summed E-state index contributed by atoms with van der Waals surface area (Å²) in [5.41, 5.74) is 4.85. The van der Waals surface area contributed by atoms with Crippen molar-refractivity contribution in [3.8, 4) is 0 Å². The van der Waals surface area contributed by atoms with E-state index in [2.05, 4.69) is 63.9 Å². The second-order valence-corrected chi connectivity index (χ2v) is 6.76. The molecule has 1 N–H and O–H groups in total. The van der Waals surface area contributed by atoms with Crippen molar-refractivity contribution in [2.24, 2.45) is 5.92 Å². The molecule has 0 spiro atoms. The van der Waals surface area contributed by atoms with Crippen LogP contribution >= 0.6 is 0 Å². The van der Waals surface area contributed by atoms with Gasteiger partial charge >= 0.3 is 0 Å². The largest absolute Gasteiger partial charge is 0.396 e. The van der Waals surface area contributed by atoms with E-state index in [4.69, 9.17) is 0 Å². The summed E-state index contributed by atoms with van der Waals surface area (Å²) in [7, 11) is 0. The molecule has 0 bridgehead atoms. The third kappa shape index (κ3) is 3.03. The average Bonchev–Trinajstić information content (AvgIpc) is 2.52. The standard InChI is InChI=1S/C20H29NO/c1-6-10-20(5,14(3)13-22)17-8-9-19-18(12-17)16(7-2)11-15(4)21-19/h8-9,11-12,14,22H,6-7,10,13H2,1-5H3. The maximum Gasteiger partial charge on any atom is 0.0708 e. The maximum atomic E-state index is 9.70. The molecule has 0 saturated carbocycles. The summed E-state index contributed by atoms with van der Waals surface area (Å²) in [6, 6.07) is 8.85. The van der Waals surface area contributed by atoms with Gasteiger partial charge in [0.1, 0.15) is 0 Å². The molecule has 1 heterocycles. The van der Waals surface area contributed by atoms with E-state index in [9.17, 15) is 5.11 Å². The average molecular weight is 299 g/mol. The summed E-state index contributed by atoms with van der Waals surface area (Å²) in [6.45, 7) is 11.1. The minimum absolute atomic E-state index is 0.00753. The van der Waals surface area contributed by atoms with E-state index in [1.54, 1.807) is 0 Å². The molecule has 0 radical (unpaired) electrons. The van der Waals surface area contributed by atoms with Gasteiger partial charge in [0.25, 0.3) is 0 Å². The topological polar surface area (TPSA) is 33.1 Å². The van der Waals surface area contributed by atoms with E-state index in [0.717, 1.165) is 30.5 Å². The summed E-state index contributed by atoms with van der Waals surface area (Å²) >= 11 is 0. The van der Waals surface area contributed by atoms with Crippen LogP contribution in [0.15, 0.2) is 24.3 Å². The zero-order chi connectivity index (χ0) is 16.3. The van der Waals surface area contributed by atoms with Gasteiger partial charge in [-0.1, -0.05) is 40.2 Å². The number of aromatic nitrogens is 1. The molecule has 0 saturated heterocycles. The van der Waals surface area contributed by atoms with Crippen molar-refractivity contribution in [2.75, 3.05) is 6.61 Å². The SMILES string of the molecule is CCCC(C)(c1ccc2nc(C)cc(CC)c2c1)C(C)CO. The predicted octanol–water partition coefficient (Wildman–Crippen LogP) is 4.79. The number of aryl methyl sites for hydroxylation is 2. The minimum atomic E-state index is 0.00753. The van der Waals surface area contributed by atoms with E-state index < -0.39 is 0 Å². The zero-order valence-electron chi connectivity index (χ0n) is 14.6. The Hall–Kier alpha value is -1.41. The molecule has 2 rings (SSSR count). The van der Waals surface area contributed by atoms with E-state index in [-0.39, 0.29) is 17.9 Å². The molecule has 0 aliphatic carbocycles. The molecule has 0 aliphatic rings. The number of pyridine rings is 1. The fourth-order valence-electron chi connectivity index (χ4n) is 3.49. The van der Waals surface area contributed by atoms with Gasteiger partial charge in [-0.05, 0) is 60.4 Å². The van der Waals surface area contributed by atoms with Crippen LogP contribution in [0.1, 0.15) is 57.4 Å². The Morgan fingerprint density at radius 3 is 2.55 bits per heavy atom. The van der Waals surface area contributed by atoms with Crippen molar-refractivity contribution in [2.45, 2.75) is 59.3 Å². The summed E-state index contributed by atoms with van der Waals surface area (Å²) in [6.07, 6.45) is 3.22. The van der Waals surface area contributed by atoms with Crippen LogP contribution in [-0.4, -0.2) is 16.7 Å². The molecule has 0 fully saturated rings. The number of nitrogens with zero attached hydrogens (tertiary/aromatic N) is 1. The molecule has 2 aromatic rings. The number of benzene rings is 1. The second-order valence-electron chi connectivity index (χ2n) is 6.76. The number of aliphatic hydroxyl groups excluding tert-OH is 1. The molecule has 2 atom stereocenters. The first-order valence-corrected chi connectivity index (χ1v) is 8.47. The van der Waals surface area contributed by atoms with Crippen LogP contribution in [0.4, 0.5) is 0 Å². The van der Waals surface area contributed by atoms with E-state index in [0.29, 0.717) is 0 Å². The summed E-state index contributed by atoms with van der Waals surface area (Å²) < 4.78 is 0. The highest BCUT2D eigenvalue weighted by Crippen LogP contribution is 2.38. The highest BCUT2D eigenvalue weighted by atomic mass is 16.3. The zero-order valence-corrected chi connectivity index (χ0v) is 14.6. The number of rotatable bonds is 6. The first-order valence-electron chi connectivity index (χ1n) is 8.47. The third-order valence-corrected chi connectivity index (χ3v) is 5.19. The first kappa shape index (κ1) is 17.0. The third-order valence-electron chi connectivity index (χ3n) is 5.19. The molecule has 22 heavy (non-hydrogen) atoms. The summed E-state index contributed by atoms with van der Waals surface area (Å²) in [5.74, 6) is 0.244. The summed E-state index contributed by atoms with van der Waals surface area (Å²) in [4.78, 5) is 4.67. The Bertz CT molecular complexity index is 649. The van der Waals surface area contributed by atoms with Gasteiger partial charge in [0.15, 0.2) is 0 Å². The van der Waals surface area contributed by atoms with Crippen molar-refractivity contribution in [1.29, 1.82) is 0 Å².